The molecule has 8 heteroatoms. The summed E-state index contributed by atoms with van der Waals surface area (Å²) in [5.41, 5.74) is 0.454. The molecule has 0 heterocycles. The summed E-state index contributed by atoms with van der Waals surface area (Å²) in [5, 5.41) is 15.7. The van der Waals surface area contributed by atoms with E-state index in [4.69, 9.17) is 11.2 Å². The van der Waals surface area contributed by atoms with Gasteiger partial charge in [-0.2, -0.15) is 0 Å². The van der Waals surface area contributed by atoms with E-state index in [1.54, 1.807) is 45.0 Å². The summed E-state index contributed by atoms with van der Waals surface area (Å²) in [5.74, 6) is 2.05. The lowest BCUT2D eigenvalue weighted by Gasteiger charge is -2.39. The van der Waals surface area contributed by atoms with E-state index in [0.717, 1.165) is 19.3 Å². The lowest BCUT2D eigenvalue weighted by atomic mass is 9.96. The van der Waals surface area contributed by atoms with E-state index < -0.39 is 36.3 Å². The minimum Gasteiger partial charge on any atom is -0.444 e. The molecular weight excluding hydrogens is 482 g/mol. The first-order valence-corrected chi connectivity index (χ1v) is 13.5. The van der Waals surface area contributed by atoms with E-state index in [0.29, 0.717) is 23.5 Å². The first-order valence-electron chi connectivity index (χ1n) is 13.5. The summed E-state index contributed by atoms with van der Waals surface area (Å²) in [4.78, 5) is 41.7. The number of carbonyl (C=O) groups excluding carboxylic acids is 3. The molecule has 0 aliphatic heterocycles. The van der Waals surface area contributed by atoms with Gasteiger partial charge in [0.1, 0.15) is 17.7 Å². The summed E-state index contributed by atoms with van der Waals surface area (Å²) < 4.78 is 5.31. The van der Waals surface area contributed by atoms with Crippen LogP contribution < -0.4 is 10.6 Å². The second kappa shape index (κ2) is 15.4. The quantitative estimate of drug-likeness (QED) is 0.325. The molecule has 1 aromatic rings. The molecule has 4 unspecified atom stereocenters. The van der Waals surface area contributed by atoms with Gasteiger partial charge in [-0.3, -0.25) is 9.59 Å². The molecule has 1 rings (SSSR count). The van der Waals surface area contributed by atoms with Crippen LogP contribution in [0.5, 0.6) is 0 Å². The predicted molar refractivity (Wildman–Crippen MR) is 150 cm³/mol. The lowest BCUT2D eigenvalue weighted by Crippen LogP contribution is -2.57. The molecule has 3 N–H and O–H groups in total. The summed E-state index contributed by atoms with van der Waals surface area (Å²) in [7, 11) is 0. The molecule has 3 amide bonds. The summed E-state index contributed by atoms with van der Waals surface area (Å²) in [6.07, 6.45) is 7.84. The lowest BCUT2D eigenvalue weighted by molar-refractivity contribution is -0.146. The third-order valence-electron chi connectivity index (χ3n) is 6.09. The predicted octanol–water partition coefficient (Wildman–Crippen LogP) is 4.55. The highest BCUT2D eigenvalue weighted by atomic mass is 16.6. The Kier molecular flexibility index (Phi) is 13.4. The first-order chi connectivity index (χ1) is 17.7. The number of aliphatic hydroxyl groups is 1. The van der Waals surface area contributed by atoms with Crippen molar-refractivity contribution < 1.29 is 24.2 Å². The van der Waals surface area contributed by atoms with Crippen molar-refractivity contribution in [3.8, 4) is 12.3 Å². The first kappa shape index (κ1) is 33.0. The fraction of sp³-hybridized carbons (Fsp3) is 0.633. The van der Waals surface area contributed by atoms with Gasteiger partial charge in [-0.25, -0.2) is 4.79 Å². The van der Waals surface area contributed by atoms with E-state index in [9.17, 15) is 19.5 Å². The van der Waals surface area contributed by atoms with Gasteiger partial charge in [-0.05, 0) is 77.5 Å². The molecule has 0 aliphatic rings. The summed E-state index contributed by atoms with van der Waals surface area (Å²) in [6.45, 7) is 14.5. The van der Waals surface area contributed by atoms with Crippen molar-refractivity contribution in [2.45, 2.75) is 111 Å². The van der Waals surface area contributed by atoms with Gasteiger partial charge < -0.3 is 25.4 Å². The minimum absolute atomic E-state index is 0.101. The largest absolute Gasteiger partial charge is 0.444 e. The molecule has 0 saturated heterocycles. The number of hydrogen-bond acceptors (Lipinski definition) is 5. The van der Waals surface area contributed by atoms with Gasteiger partial charge in [-0.15, -0.1) is 6.42 Å². The molecule has 0 spiro atoms. The molecule has 212 valence electrons. The minimum atomic E-state index is -1.29. The van der Waals surface area contributed by atoms with Crippen LogP contribution in [-0.2, 0) is 14.3 Å². The molecule has 8 nitrogen and oxygen atoms in total. The number of hydrogen-bond donors (Lipinski definition) is 3. The normalized spacial score (nSPS) is 14.6. The van der Waals surface area contributed by atoms with Crippen molar-refractivity contribution in [1.29, 1.82) is 0 Å². The van der Waals surface area contributed by atoms with Crippen molar-refractivity contribution in [2.75, 3.05) is 6.61 Å². The van der Waals surface area contributed by atoms with Crippen molar-refractivity contribution in [3.05, 3.63) is 35.4 Å². The number of rotatable bonds is 13. The van der Waals surface area contributed by atoms with E-state index in [1.807, 2.05) is 20.8 Å². The van der Waals surface area contributed by atoms with Crippen molar-refractivity contribution in [3.63, 3.8) is 0 Å². The molecule has 38 heavy (non-hydrogen) atoms. The highest BCUT2D eigenvalue weighted by molar-refractivity contribution is 5.92. The Hall–Kier alpha value is -3.05. The number of aliphatic hydroxyl groups excluding tert-OH is 1. The molecule has 0 fully saturated rings. The summed E-state index contributed by atoms with van der Waals surface area (Å²) >= 11 is 0. The Morgan fingerprint density at radius 3 is 2.11 bits per heavy atom. The topological polar surface area (TPSA) is 108 Å². The smallest absolute Gasteiger partial charge is 0.408 e. The van der Waals surface area contributed by atoms with E-state index in [1.165, 1.54) is 4.90 Å². The zero-order chi connectivity index (χ0) is 29.0. The maximum atomic E-state index is 14.0. The van der Waals surface area contributed by atoms with Crippen molar-refractivity contribution in [1.82, 2.24) is 15.5 Å². The van der Waals surface area contributed by atoms with Gasteiger partial charge in [0.25, 0.3) is 0 Å². The number of ether oxygens (including phenoxy) is 1. The third-order valence-corrected chi connectivity index (χ3v) is 6.09. The van der Waals surface area contributed by atoms with Crippen LogP contribution >= 0.6 is 0 Å². The average Bonchev–Trinajstić information content (AvgIpc) is 2.82. The van der Waals surface area contributed by atoms with Gasteiger partial charge in [-0.1, -0.05) is 45.2 Å². The summed E-state index contributed by atoms with van der Waals surface area (Å²) in [6, 6.07) is 4.19. The van der Waals surface area contributed by atoms with Gasteiger partial charge in [0.05, 0.1) is 6.61 Å². The molecule has 0 aromatic heterocycles. The second-order valence-electron chi connectivity index (χ2n) is 11.3. The monoisotopic (exact) mass is 529 g/mol. The van der Waals surface area contributed by atoms with Crippen LogP contribution in [0, 0.1) is 18.3 Å². The van der Waals surface area contributed by atoms with Crippen LogP contribution in [0.2, 0.25) is 0 Å². The molecule has 4 atom stereocenters. The highest BCUT2D eigenvalue weighted by Crippen LogP contribution is 2.28. The number of nitrogens with zero attached hydrogens (tertiary/aromatic N) is 1. The molecule has 1 aromatic carbocycles. The average molecular weight is 530 g/mol. The van der Waals surface area contributed by atoms with Crippen LogP contribution in [0.3, 0.4) is 0 Å². The van der Waals surface area contributed by atoms with Gasteiger partial charge in [0.2, 0.25) is 11.8 Å². The third kappa shape index (κ3) is 10.7. The Bertz CT molecular complexity index is 946. The zero-order valence-electron chi connectivity index (χ0n) is 24.3. The van der Waals surface area contributed by atoms with Crippen LogP contribution in [0.1, 0.15) is 98.2 Å². The SMILES string of the molecule is C#Cc1ccc(C(C(=O)NC(C)CCC)N(C(=O)C(CO)NC(=O)OC(C)(C)C)C(C)CCC(C)C)cc1. The molecular formula is C30H47N3O5. The Morgan fingerprint density at radius 1 is 1.03 bits per heavy atom. The molecule has 0 saturated carbocycles. The number of nitrogens with one attached hydrogen (secondary N) is 2. The van der Waals surface area contributed by atoms with Crippen molar-refractivity contribution >= 4 is 17.9 Å². The van der Waals surface area contributed by atoms with E-state index in [-0.39, 0.29) is 18.0 Å². The van der Waals surface area contributed by atoms with E-state index >= 15 is 0 Å². The van der Waals surface area contributed by atoms with Crippen LogP contribution in [0.25, 0.3) is 0 Å². The van der Waals surface area contributed by atoms with Gasteiger partial charge in [0, 0.05) is 17.6 Å². The Balaban J connectivity index is 3.56. The standard InChI is InChI=1S/C30H47N3O5/c1-10-12-21(5)31-27(35)26(24-17-15-23(11-2)16-18-24)33(22(6)14-13-20(3)4)28(36)25(19-34)32-29(37)38-30(7,8)9/h2,15-18,20-22,25-26,34H,10,12-14,19H2,1,3-9H3,(H,31,35)(H,32,37). The number of benzene rings is 1. The van der Waals surface area contributed by atoms with E-state index in [2.05, 4.69) is 30.4 Å². The maximum Gasteiger partial charge on any atom is 0.408 e. The molecule has 0 bridgehead atoms. The fourth-order valence-corrected chi connectivity index (χ4v) is 4.15. The van der Waals surface area contributed by atoms with Crippen molar-refractivity contribution in [2.24, 2.45) is 5.92 Å². The molecule has 0 radical (unpaired) electrons. The Morgan fingerprint density at radius 2 is 1.63 bits per heavy atom. The van der Waals surface area contributed by atoms with Gasteiger partial charge >= 0.3 is 6.09 Å². The Labute approximate surface area is 228 Å². The number of amides is 3. The number of terminal acetylenes is 1. The highest BCUT2D eigenvalue weighted by Gasteiger charge is 2.39. The zero-order valence-corrected chi connectivity index (χ0v) is 24.3. The number of alkyl carbamates (subject to hydrolysis) is 1. The molecule has 0 aliphatic carbocycles. The fourth-order valence-electron chi connectivity index (χ4n) is 4.15. The maximum absolute atomic E-state index is 14.0. The second-order valence-corrected chi connectivity index (χ2v) is 11.3. The van der Waals surface area contributed by atoms with Crippen LogP contribution in [0.15, 0.2) is 24.3 Å². The van der Waals surface area contributed by atoms with Crippen LogP contribution in [0.4, 0.5) is 4.79 Å². The number of carbonyl (C=O) groups is 3. The van der Waals surface area contributed by atoms with Crippen LogP contribution in [-0.4, -0.2) is 58.2 Å². The van der Waals surface area contributed by atoms with Gasteiger partial charge in [0.15, 0.2) is 0 Å².